The molecule has 0 aliphatic rings. The van der Waals surface area contributed by atoms with Gasteiger partial charge in [0.15, 0.2) is 0 Å². The molecule has 0 amide bonds. The van der Waals surface area contributed by atoms with Crippen LogP contribution in [0.15, 0.2) is 18.2 Å². The van der Waals surface area contributed by atoms with E-state index in [1.165, 1.54) is 11.1 Å². The fourth-order valence-electron chi connectivity index (χ4n) is 0.903. The molecule has 1 aromatic rings. The second-order valence-electron chi connectivity index (χ2n) is 2.28. The Morgan fingerprint density at radius 3 is 2.50 bits per heavy atom. The normalized spacial score (nSPS) is 10.8. The molecule has 0 bridgehead atoms. The predicted octanol–water partition coefficient (Wildman–Crippen LogP) is 5.14. The average molecular weight is 518 g/mol. The molecule has 0 saturated carbocycles. The molecule has 66 valence electrons. The third kappa shape index (κ3) is 3.13. The Kier molecular flexibility index (Phi) is 5.44. The highest BCUT2D eigenvalue weighted by Gasteiger charge is 2.07. The van der Waals surface area contributed by atoms with Crippen molar-refractivity contribution < 1.29 is 0 Å². The van der Waals surface area contributed by atoms with Crippen molar-refractivity contribution in [2.75, 3.05) is 0 Å². The molecule has 0 N–H and O–H groups in total. The van der Waals surface area contributed by atoms with Crippen molar-refractivity contribution in [3.05, 3.63) is 34.3 Å². The maximum absolute atomic E-state index is 5.89. The molecule has 4 heteroatoms. The SMILES string of the molecule is Clc1ccc(C(I)I)c(CI)c1. The van der Waals surface area contributed by atoms with Gasteiger partial charge >= 0.3 is 0 Å². The van der Waals surface area contributed by atoms with E-state index in [9.17, 15) is 0 Å². The lowest BCUT2D eigenvalue weighted by Gasteiger charge is -2.08. The summed E-state index contributed by atoms with van der Waals surface area (Å²) in [4.78, 5) is 0. The van der Waals surface area contributed by atoms with E-state index < -0.39 is 0 Å². The molecule has 0 saturated heterocycles. The van der Waals surface area contributed by atoms with Gasteiger partial charge in [0.1, 0.15) is 0 Å². The van der Waals surface area contributed by atoms with Crippen molar-refractivity contribution >= 4 is 79.4 Å². The number of alkyl halides is 3. The van der Waals surface area contributed by atoms with Gasteiger partial charge in [-0.05, 0) is 23.3 Å². The van der Waals surface area contributed by atoms with Gasteiger partial charge in [0, 0.05) is 9.45 Å². The topological polar surface area (TPSA) is 0 Å². The Morgan fingerprint density at radius 1 is 1.33 bits per heavy atom. The van der Waals surface area contributed by atoms with E-state index >= 15 is 0 Å². The minimum absolute atomic E-state index is 0.530. The standard InChI is InChI=1S/C8H6ClI3/c9-6-1-2-7(8(11)12)5(3-6)4-10/h1-3,8H,4H2. The van der Waals surface area contributed by atoms with Crippen LogP contribution in [-0.2, 0) is 4.43 Å². The Bertz CT molecular complexity index is 273. The summed E-state index contributed by atoms with van der Waals surface area (Å²) in [7, 11) is 0. The van der Waals surface area contributed by atoms with E-state index in [0.717, 1.165) is 9.45 Å². The van der Waals surface area contributed by atoms with Gasteiger partial charge in [-0.3, -0.25) is 0 Å². The van der Waals surface area contributed by atoms with E-state index in [1.807, 2.05) is 12.1 Å². The van der Waals surface area contributed by atoms with Crippen LogP contribution in [0.2, 0.25) is 5.02 Å². The fourth-order valence-corrected chi connectivity index (χ4v) is 2.97. The van der Waals surface area contributed by atoms with Crippen LogP contribution in [0.3, 0.4) is 0 Å². The second kappa shape index (κ2) is 5.55. The number of hydrogen-bond acceptors (Lipinski definition) is 0. The van der Waals surface area contributed by atoms with E-state index in [2.05, 4.69) is 73.8 Å². The number of hydrogen-bond donors (Lipinski definition) is 0. The fraction of sp³-hybridized carbons (Fsp3) is 0.250. The van der Waals surface area contributed by atoms with Crippen LogP contribution in [0.1, 0.15) is 13.1 Å². The number of rotatable bonds is 2. The lowest BCUT2D eigenvalue weighted by Crippen LogP contribution is -1.88. The lowest BCUT2D eigenvalue weighted by atomic mass is 10.1. The lowest BCUT2D eigenvalue weighted by molar-refractivity contribution is 1.33. The third-order valence-electron chi connectivity index (χ3n) is 1.48. The Balaban J connectivity index is 3.11. The molecule has 0 fully saturated rings. The molecule has 1 aromatic carbocycles. The molecule has 0 aromatic heterocycles. The van der Waals surface area contributed by atoms with Gasteiger partial charge in [-0.1, -0.05) is 85.4 Å². The van der Waals surface area contributed by atoms with Gasteiger partial charge in [0.05, 0.1) is 1.93 Å². The van der Waals surface area contributed by atoms with Crippen molar-refractivity contribution in [1.82, 2.24) is 0 Å². The summed E-state index contributed by atoms with van der Waals surface area (Å²) in [5, 5.41) is 0.832. The number of halogens is 4. The van der Waals surface area contributed by atoms with Crippen molar-refractivity contribution in [3.8, 4) is 0 Å². The minimum Gasteiger partial charge on any atom is -0.0843 e. The van der Waals surface area contributed by atoms with Crippen LogP contribution in [-0.4, -0.2) is 0 Å². The van der Waals surface area contributed by atoms with Crippen molar-refractivity contribution in [3.63, 3.8) is 0 Å². The van der Waals surface area contributed by atoms with Gasteiger partial charge in [0.25, 0.3) is 0 Å². The zero-order valence-corrected chi connectivity index (χ0v) is 13.3. The monoisotopic (exact) mass is 518 g/mol. The Morgan fingerprint density at radius 2 is 2.00 bits per heavy atom. The molecule has 0 nitrogen and oxygen atoms in total. The largest absolute Gasteiger partial charge is 0.0877 e. The van der Waals surface area contributed by atoms with Crippen LogP contribution >= 0.6 is 79.4 Å². The summed E-state index contributed by atoms with van der Waals surface area (Å²) in [6.07, 6.45) is 0. The predicted molar refractivity (Wildman–Crippen MR) is 80.0 cm³/mol. The van der Waals surface area contributed by atoms with Crippen LogP contribution < -0.4 is 0 Å². The van der Waals surface area contributed by atoms with Crippen molar-refractivity contribution in [2.45, 2.75) is 6.36 Å². The highest BCUT2D eigenvalue weighted by atomic mass is 127. The quantitative estimate of drug-likeness (QED) is 0.376. The zero-order chi connectivity index (χ0) is 9.14. The molecule has 0 heterocycles. The summed E-state index contributed by atoms with van der Waals surface area (Å²) in [5.41, 5.74) is 2.73. The molecule has 0 aliphatic carbocycles. The first-order valence-electron chi connectivity index (χ1n) is 3.27. The maximum atomic E-state index is 5.89. The van der Waals surface area contributed by atoms with Gasteiger partial charge in [-0.15, -0.1) is 0 Å². The smallest absolute Gasteiger partial charge is 0.0843 e. The molecule has 0 aliphatic heterocycles. The minimum atomic E-state index is 0.530. The molecule has 0 spiro atoms. The first-order valence-corrected chi connectivity index (χ1v) is 7.67. The first-order chi connectivity index (χ1) is 5.65. The van der Waals surface area contributed by atoms with E-state index in [0.29, 0.717) is 1.93 Å². The molecule has 12 heavy (non-hydrogen) atoms. The molecule has 0 atom stereocenters. The van der Waals surface area contributed by atoms with Crippen molar-refractivity contribution in [1.29, 1.82) is 0 Å². The first kappa shape index (κ1) is 11.8. The van der Waals surface area contributed by atoms with Gasteiger partial charge in [-0.2, -0.15) is 0 Å². The molecular formula is C8H6ClI3. The Hall–Kier alpha value is 1.70. The van der Waals surface area contributed by atoms with Gasteiger partial charge in [-0.25, -0.2) is 0 Å². The molecule has 0 unspecified atom stereocenters. The van der Waals surface area contributed by atoms with Crippen LogP contribution in [0.25, 0.3) is 0 Å². The van der Waals surface area contributed by atoms with E-state index in [1.54, 1.807) is 0 Å². The van der Waals surface area contributed by atoms with Crippen LogP contribution in [0, 0.1) is 0 Å². The van der Waals surface area contributed by atoms with E-state index in [-0.39, 0.29) is 0 Å². The summed E-state index contributed by atoms with van der Waals surface area (Å²) in [6.45, 7) is 0. The van der Waals surface area contributed by atoms with Gasteiger partial charge < -0.3 is 0 Å². The Labute approximate surface area is 118 Å². The highest BCUT2D eigenvalue weighted by Crippen LogP contribution is 2.34. The van der Waals surface area contributed by atoms with Crippen LogP contribution in [0.4, 0.5) is 0 Å². The summed E-state index contributed by atoms with van der Waals surface area (Å²) < 4.78 is 1.55. The zero-order valence-electron chi connectivity index (χ0n) is 6.03. The molecule has 1 rings (SSSR count). The van der Waals surface area contributed by atoms with E-state index in [4.69, 9.17) is 11.6 Å². The third-order valence-corrected chi connectivity index (χ3v) is 3.88. The molecular weight excluding hydrogens is 512 g/mol. The van der Waals surface area contributed by atoms with Crippen molar-refractivity contribution in [2.24, 2.45) is 0 Å². The summed E-state index contributed by atoms with van der Waals surface area (Å²) in [5.74, 6) is 0. The molecule has 0 radical (unpaired) electrons. The van der Waals surface area contributed by atoms with Gasteiger partial charge in [0.2, 0.25) is 0 Å². The average Bonchev–Trinajstić information content (AvgIpc) is 2.03. The maximum Gasteiger partial charge on any atom is 0.0877 e. The second-order valence-corrected chi connectivity index (χ2v) is 8.35. The summed E-state index contributed by atoms with van der Waals surface area (Å²) >= 11 is 13.1. The summed E-state index contributed by atoms with van der Waals surface area (Å²) in [6, 6.07) is 6.12. The number of benzene rings is 1. The highest BCUT2D eigenvalue weighted by molar-refractivity contribution is 14.2. The van der Waals surface area contributed by atoms with Crippen LogP contribution in [0.5, 0.6) is 0 Å².